The van der Waals surface area contributed by atoms with Gasteiger partial charge >= 0.3 is 0 Å². The van der Waals surface area contributed by atoms with E-state index in [0.29, 0.717) is 5.92 Å². The highest BCUT2D eigenvalue weighted by Crippen LogP contribution is 2.23. The fourth-order valence-corrected chi connectivity index (χ4v) is 1.86. The minimum Gasteiger partial charge on any atom is -0.381 e. The Hall–Kier alpha value is 0.0249. The fourth-order valence-electron chi connectivity index (χ4n) is 1.86. The van der Waals surface area contributed by atoms with Crippen LogP contribution in [0, 0.1) is 17.8 Å². The molecule has 1 nitrogen and oxygen atoms in total. The molecule has 3 unspecified atom stereocenters. The fraction of sp³-hybridized carbons (Fsp3) is 1.00. The van der Waals surface area contributed by atoms with Gasteiger partial charge in [-0.3, -0.25) is 0 Å². The molecule has 2 heteroatoms. The molecule has 0 aliphatic carbocycles. The van der Waals surface area contributed by atoms with E-state index in [1.807, 2.05) is 0 Å². The van der Waals surface area contributed by atoms with E-state index in [1.54, 1.807) is 0 Å². The predicted octanol–water partition coefficient (Wildman–Crippen LogP) is 3.15. The second kappa shape index (κ2) is 8.21. The molecular formula is C13H29BO. The molecule has 0 aromatic rings. The summed E-state index contributed by atoms with van der Waals surface area (Å²) in [6.45, 7) is 13.3. The van der Waals surface area contributed by atoms with Crippen LogP contribution in [-0.4, -0.2) is 21.1 Å². The van der Waals surface area contributed by atoms with Crippen LogP contribution in [0.25, 0.3) is 0 Å². The minimum atomic E-state index is 0.710. The third-order valence-corrected chi connectivity index (χ3v) is 3.47. The molecule has 0 saturated heterocycles. The van der Waals surface area contributed by atoms with Crippen LogP contribution in [0.3, 0.4) is 0 Å². The first kappa shape index (κ1) is 15.0. The summed E-state index contributed by atoms with van der Waals surface area (Å²) in [5.41, 5.74) is 0. The predicted molar refractivity (Wildman–Crippen MR) is 71.2 cm³/mol. The average Bonchev–Trinajstić information content (AvgIpc) is 2.15. The lowest BCUT2D eigenvalue weighted by atomic mass is 9.73. The molecular weight excluding hydrogens is 183 g/mol. The van der Waals surface area contributed by atoms with Gasteiger partial charge in [0.15, 0.2) is 0 Å². The van der Waals surface area contributed by atoms with Gasteiger partial charge in [0.25, 0.3) is 0 Å². The lowest BCUT2D eigenvalue weighted by Crippen LogP contribution is -2.20. The van der Waals surface area contributed by atoms with Gasteiger partial charge in [0, 0.05) is 13.2 Å². The molecule has 0 aromatic carbocycles. The van der Waals surface area contributed by atoms with Crippen molar-refractivity contribution in [2.24, 2.45) is 17.8 Å². The van der Waals surface area contributed by atoms with E-state index in [4.69, 9.17) is 4.74 Å². The Kier molecular flexibility index (Phi) is 8.22. The summed E-state index contributed by atoms with van der Waals surface area (Å²) < 4.78 is 5.79. The molecule has 0 N–H and O–H groups in total. The molecule has 0 aliphatic rings. The highest BCUT2D eigenvalue weighted by molar-refractivity contribution is 6.11. The quantitative estimate of drug-likeness (QED) is 0.443. The number of rotatable bonds is 8. The summed E-state index contributed by atoms with van der Waals surface area (Å²) in [5.74, 6) is 2.98. The Labute approximate surface area is 97.4 Å². The van der Waals surface area contributed by atoms with E-state index in [9.17, 15) is 0 Å². The van der Waals surface area contributed by atoms with Crippen molar-refractivity contribution in [3.05, 3.63) is 0 Å². The molecule has 0 spiro atoms. The van der Waals surface area contributed by atoms with Crippen molar-refractivity contribution in [2.45, 2.75) is 53.3 Å². The maximum absolute atomic E-state index is 5.79. The van der Waals surface area contributed by atoms with Crippen LogP contribution in [-0.2, 0) is 4.74 Å². The summed E-state index contributed by atoms with van der Waals surface area (Å²) >= 11 is 0. The highest BCUT2D eigenvalue weighted by Gasteiger charge is 2.17. The third kappa shape index (κ3) is 7.00. The molecule has 15 heavy (non-hydrogen) atoms. The molecule has 90 valence electrons. The largest absolute Gasteiger partial charge is 0.381 e. The van der Waals surface area contributed by atoms with Gasteiger partial charge in [-0.05, 0) is 24.2 Å². The average molecular weight is 212 g/mol. The zero-order chi connectivity index (χ0) is 11.8. The van der Waals surface area contributed by atoms with Gasteiger partial charge in [-0.2, -0.15) is 0 Å². The van der Waals surface area contributed by atoms with Crippen molar-refractivity contribution < 1.29 is 4.74 Å². The summed E-state index contributed by atoms with van der Waals surface area (Å²) in [4.78, 5) is 0. The summed E-state index contributed by atoms with van der Waals surface area (Å²) in [7, 11) is 2.29. The molecule has 0 aromatic heterocycles. The van der Waals surface area contributed by atoms with E-state index < -0.39 is 0 Å². The monoisotopic (exact) mass is 212 g/mol. The molecule has 0 rings (SSSR count). The number of hydrogen-bond acceptors (Lipinski definition) is 1. The Bertz CT molecular complexity index is 137. The van der Waals surface area contributed by atoms with Gasteiger partial charge in [0.05, 0.1) is 0 Å². The Morgan fingerprint density at radius 3 is 2.13 bits per heavy atom. The van der Waals surface area contributed by atoms with Crippen molar-refractivity contribution in [3.8, 4) is 0 Å². The smallest absolute Gasteiger partial charge is 0.105 e. The zero-order valence-electron chi connectivity index (χ0n) is 11.5. The van der Waals surface area contributed by atoms with E-state index in [2.05, 4.69) is 42.5 Å². The van der Waals surface area contributed by atoms with E-state index in [0.717, 1.165) is 30.9 Å². The maximum atomic E-state index is 5.79. The van der Waals surface area contributed by atoms with E-state index in [1.165, 1.54) is 12.8 Å². The highest BCUT2D eigenvalue weighted by atomic mass is 16.5. The Morgan fingerprint density at radius 1 is 1.13 bits per heavy atom. The third-order valence-electron chi connectivity index (χ3n) is 3.47. The first-order valence-corrected chi connectivity index (χ1v) is 6.56. The molecule has 3 atom stereocenters. The lowest BCUT2D eigenvalue weighted by molar-refractivity contribution is 0.0735. The second-order valence-corrected chi connectivity index (χ2v) is 5.53. The molecule has 0 radical (unpaired) electrons. The lowest BCUT2D eigenvalue weighted by Gasteiger charge is -2.24. The van der Waals surface area contributed by atoms with Gasteiger partial charge < -0.3 is 4.74 Å². The van der Waals surface area contributed by atoms with Crippen molar-refractivity contribution in [2.75, 3.05) is 13.2 Å². The number of ether oxygens (including phenoxy) is 1. The molecule has 0 bridgehead atoms. The normalized spacial score (nSPS) is 17.7. The molecule has 0 amide bonds. The summed E-state index contributed by atoms with van der Waals surface area (Å²) in [5, 5.41) is 0. The number of hydrogen-bond donors (Lipinski definition) is 0. The van der Waals surface area contributed by atoms with Gasteiger partial charge in [0.2, 0.25) is 0 Å². The standard InChI is InChI=1S/C13H29BO/c1-6-11(4)7-8-15-9-13(10(2)3)12(5)14/h10-13H,6-9,14H2,1-5H3. The van der Waals surface area contributed by atoms with Crippen molar-refractivity contribution in [1.29, 1.82) is 0 Å². The van der Waals surface area contributed by atoms with Gasteiger partial charge in [0.1, 0.15) is 7.85 Å². The van der Waals surface area contributed by atoms with Gasteiger partial charge in [-0.25, -0.2) is 0 Å². The van der Waals surface area contributed by atoms with E-state index in [-0.39, 0.29) is 0 Å². The van der Waals surface area contributed by atoms with E-state index >= 15 is 0 Å². The Morgan fingerprint density at radius 2 is 1.73 bits per heavy atom. The molecule has 0 heterocycles. The molecule has 0 saturated carbocycles. The van der Waals surface area contributed by atoms with Crippen LogP contribution in [0.1, 0.15) is 47.5 Å². The van der Waals surface area contributed by atoms with Gasteiger partial charge in [-0.15, -0.1) is 0 Å². The summed E-state index contributed by atoms with van der Waals surface area (Å²) in [6, 6.07) is 0. The first-order valence-electron chi connectivity index (χ1n) is 6.56. The van der Waals surface area contributed by atoms with Gasteiger partial charge in [-0.1, -0.05) is 46.9 Å². The van der Waals surface area contributed by atoms with Crippen molar-refractivity contribution >= 4 is 7.85 Å². The first-order chi connectivity index (χ1) is 6.99. The maximum Gasteiger partial charge on any atom is 0.105 e. The summed E-state index contributed by atoms with van der Waals surface area (Å²) in [6.07, 6.45) is 2.47. The van der Waals surface area contributed by atoms with Crippen molar-refractivity contribution in [1.82, 2.24) is 0 Å². The van der Waals surface area contributed by atoms with Crippen LogP contribution in [0.2, 0.25) is 5.82 Å². The van der Waals surface area contributed by atoms with Crippen LogP contribution in [0.15, 0.2) is 0 Å². The zero-order valence-corrected chi connectivity index (χ0v) is 11.5. The van der Waals surface area contributed by atoms with Crippen LogP contribution in [0.5, 0.6) is 0 Å². The molecule has 0 aliphatic heterocycles. The van der Waals surface area contributed by atoms with Crippen LogP contribution < -0.4 is 0 Å². The van der Waals surface area contributed by atoms with Crippen LogP contribution >= 0.6 is 0 Å². The topological polar surface area (TPSA) is 9.23 Å². The SMILES string of the molecule is BC(C)C(COCCC(C)CC)C(C)C. The Balaban J connectivity index is 3.63. The van der Waals surface area contributed by atoms with Crippen molar-refractivity contribution in [3.63, 3.8) is 0 Å². The minimum absolute atomic E-state index is 0.710. The molecule has 0 fully saturated rings. The second-order valence-electron chi connectivity index (χ2n) is 5.53. The van der Waals surface area contributed by atoms with Crippen LogP contribution in [0.4, 0.5) is 0 Å².